The fraction of sp³-hybridized carbons (Fsp3) is 0.394. The third-order valence-electron chi connectivity index (χ3n) is 8.37. The number of ether oxygens (including phenoxy) is 5. The van der Waals surface area contributed by atoms with E-state index in [1.165, 1.54) is 0 Å². The minimum absolute atomic E-state index is 0.0272. The molecule has 2 heterocycles. The number of hydrogen-bond acceptors (Lipinski definition) is 8. The molecule has 10 heteroatoms. The van der Waals surface area contributed by atoms with Crippen LogP contribution in [0.15, 0.2) is 60.7 Å². The maximum Gasteiger partial charge on any atom is 0.254 e. The quantitative estimate of drug-likeness (QED) is 0.371. The van der Waals surface area contributed by atoms with Gasteiger partial charge in [-0.1, -0.05) is 18.2 Å². The van der Waals surface area contributed by atoms with Crippen molar-refractivity contribution < 1.29 is 33.3 Å². The van der Waals surface area contributed by atoms with Gasteiger partial charge < -0.3 is 38.4 Å². The summed E-state index contributed by atoms with van der Waals surface area (Å²) in [5.74, 6) is 2.06. The van der Waals surface area contributed by atoms with Gasteiger partial charge in [0.05, 0.1) is 47.2 Å². The van der Waals surface area contributed by atoms with Gasteiger partial charge in [-0.25, -0.2) is 0 Å². The molecule has 2 amide bonds. The molecule has 2 fully saturated rings. The van der Waals surface area contributed by atoms with Gasteiger partial charge in [0.2, 0.25) is 11.7 Å². The second-order valence-corrected chi connectivity index (χ2v) is 10.6. The van der Waals surface area contributed by atoms with Gasteiger partial charge in [0.15, 0.2) is 11.5 Å². The van der Waals surface area contributed by atoms with Crippen LogP contribution < -0.4 is 28.6 Å². The van der Waals surface area contributed by atoms with Crippen molar-refractivity contribution in [3.8, 4) is 28.7 Å². The molecule has 0 N–H and O–H groups in total. The molecular formula is C33H39N3O7. The van der Waals surface area contributed by atoms with E-state index < -0.39 is 5.92 Å². The predicted octanol–water partition coefficient (Wildman–Crippen LogP) is 3.93. The van der Waals surface area contributed by atoms with Crippen molar-refractivity contribution in [2.45, 2.75) is 5.92 Å². The minimum atomic E-state index is -0.449. The first-order valence-corrected chi connectivity index (χ1v) is 14.3. The fourth-order valence-corrected chi connectivity index (χ4v) is 6.11. The molecule has 0 aromatic heterocycles. The lowest BCUT2D eigenvalue weighted by molar-refractivity contribution is -0.135. The average Bonchev–Trinajstić information content (AvgIpc) is 3.52. The van der Waals surface area contributed by atoms with Crippen molar-refractivity contribution in [2.75, 3.05) is 79.7 Å². The van der Waals surface area contributed by atoms with Crippen molar-refractivity contribution in [3.63, 3.8) is 0 Å². The number of methoxy groups -OCH3 is 5. The van der Waals surface area contributed by atoms with Crippen molar-refractivity contribution in [1.82, 2.24) is 9.80 Å². The summed E-state index contributed by atoms with van der Waals surface area (Å²) in [4.78, 5) is 33.8. The number of para-hydroxylation sites is 2. The van der Waals surface area contributed by atoms with Crippen LogP contribution in [0.1, 0.15) is 21.8 Å². The third-order valence-corrected chi connectivity index (χ3v) is 8.37. The summed E-state index contributed by atoms with van der Waals surface area (Å²) < 4.78 is 27.7. The van der Waals surface area contributed by atoms with Gasteiger partial charge in [0, 0.05) is 50.7 Å². The Morgan fingerprint density at radius 2 is 1.35 bits per heavy atom. The molecule has 2 aliphatic rings. The van der Waals surface area contributed by atoms with Gasteiger partial charge >= 0.3 is 0 Å². The van der Waals surface area contributed by atoms with Crippen LogP contribution in [0.25, 0.3) is 0 Å². The van der Waals surface area contributed by atoms with E-state index in [1.54, 1.807) is 64.7 Å². The normalized spacial score (nSPS) is 18.3. The highest BCUT2D eigenvalue weighted by Crippen LogP contribution is 2.44. The molecule has 3 aromatic rings. The lowest BCUT2D eigenvalue weighted by Crippen LogP contribution is -2.51. The zero-order valence-corrected chi connectivity index (χ0v) is 25.4. The highest BCUT2D eigenvalue weighted by Gasteiger charge is 2.43. The van der Waals surface area contributed by atoms with Crippen LogP contribution >= 0.6 is 0 Å². The SMILES string of the molecule is COc1cccc(C(=O)N2C[C@H](C(=O)N3CCN(c4ccccc4OC)CC3)[C@@H](c3cc(OC)c(OC)c(OC)c3)C2)c1. The Hall–Kier alpha value is -4.60. The highest BCUT2D eigenvalue weighted by molar-refractivity contribution is 5.95. The number of hydrogen-bond donors (Lipinski definition) is 0. The van der Waals surface area contributed by atoms with Crippen LogP contribution in [0.5, 0.6) is 28.7 Å². The standard InChI is InChI=1S/C33H39N3O7/c1-39-24-10-8-9-22(17-24)32(37)36-20-25(23-18-29(41-3)31(43-5)30(19-23)42-4)26(21-36)33(38)35-15-13-34(14-16-35)27-11-6-7-12-28(27)40-2/h6-12,17-19,25-26H,13-16,20-21H2,1-5H3/t25-,26+/m1/s1. The summed E-state index contributed by atoms with van der Waals surface area (Å²) in [5.41, 5.74) is 2.38. The lowest BCUT2D eigenvalue weighted by atomic mass is 9.87. The van der Waals surface area contributed by atoms with E-state index in [0.717, 1.165) is 17.0 Å². The number of carbonyl (C=O) groups excluding carboxylic acids is 2. The Morgan fingerprint density at radius 1 is 0.674 bits per heavy atom. The number of likely N-dealkylation sites (tertiary alicyclic amines) is 1. The summed E-state index contributed by atoms with van der Waals surface area (Å²) in [6, 6.07) is 18.8. The molecule has 228 valence electrons. The van der Waals surface area contributed by atoms with Crippen molar-refractivity contribution in [3.05, 3.63) is 71.8 Å². The Kier molecular flexibility index (Phi) is 9.13. The first kappa shape index (κ1) is 29.9. The molecule has 10 nitrogen and oxygen atoms in total. The van der Waals surface area contributed by atoms with E-state index >= 15 is 0 Å². The summed E-state index contributed by atoms with van der Waals surface area (Å²) in [7, 11) is 7.93. The monoisotopic (exact) mass is 589 g/mol. The van der Waals surface area contributed by atoms with E-state index in [2.05, 4.69) is 4.90 Å². The van der Waals surface area contributed by atoms with Crippen LogP contribution in [0.3, 0.4) is 0 Å². The topological polar surface area (TPSA) is 90.0 Å². The van der Waals surface area contributed by atoms with E-state index in [-0.39, 0.29) is 17.7 Å². The molecule has 0 saturated carbocycles. The van der Waals surface area contributed by atoms with Crippen LogP contribution in [-0.2, 0) is 4.79 Å². The van der Waals surface area contributed by atoms with E-state index in [1.807, 2.05) is 41.3 Å². The number of nitrogens with zero attached hydrogens (tertiary/aromatic N) is 3. The number of piperazine rings is 1. The fourth-order valence-electron chi connectivity index (χ4n) is 6.11. The van der Waals surface area contributed by atoms with Crippen molar-refractivity contribution in [2.24, 2.45) is 5.92 Å². The molecule has 0 spiro atoms. The second-order valence-electron chi connectivity index (χ2n) is 10.6. The number of amides is 2. The van der Waals surface area contributed by atoms with Gasteiger partial charge in [-0.15, -0.1) is 0 Å². The van der Waals surface area contributed by atoms with Crippen molar-refractivity contribution >= 4 is 17.5 Å². The zero-order valence-electron chi connectivity index (χ0n) is 25.4. The number of anilines is 1. The molecule has 2 atom stereocenters. The van der Waals surface area contributed by atoms with E-state index in [4.69, 9.17) is 23.7 Å². The van der Waals surface area contributed by atoms with E-state index in [0.29, 0.717) is 67.8 Å². The molecular weight excluding hydrogens is 550 g/mol. The maximum atomic E-state index is 14.2. The number of rotatable bonds is 9. The Bertz CT molecular complexity index is 1430. The van der Waals surface area contributed by atoms with Gasteiger partial charge in [-0.2, -0.15) is 0 Å². The Balaban J connectivity index is 1.42. The van der Waals surface area contributed by atoms with Crippen LogP contribution in [-0.4, -0.2) is 96.4 Å². The van der Waals surface area contributed by atoms with E-state index in [9.17, 15) is 9.59 Å². The first-order chi connectivity index (χ1) is 20.9. The predicted molar refractivity (Wildman–Crippen MR) is 163 cm³/mol. The second kappa shape index (κ2) is 13.1. The van der Waals surface area contributed by atoms with Crippen LogP contribution in [0, 0.1) is 5.92 Å². The van der Waals surface area contributed by atoms with Crippen molar-refractivity contribution in [1.29, 1.82) is 0 Å². The van der Waals surface area contributed by atoms with Gasteiger partial charge in [0.25, 0.3) is 5.91 Å². The third kappa shape index (κ3) is 6.00. The molecule has 2 aliphatic heterocycles. The molecule has 0 aliphatic carbocycles. The number of benzene rings is 3. The van der Waals surface area contributed by atoms with Gasteiger partial charge in [-0.05, 0) is 48.0 Å². The molecule has 0 radical (unpaired) electrons. The molecule has 2 saturated heterocycles. The summed E-state index contributed by atoms with van der Waals surface area (Å²) in [6.07, 6.45) is 0. The maximum absolute atomic E-state index is 14.2. The Labute approximate surface area is 252 Å². The number of carbonyl (C=O) groups is 2. The molecule has 5 rings (SSSR count). The molecule has 3 aromatic carbocycles. The average molecular weight is 590 g/mol. The largest absolute Gasteiger partial charge is 0.497 e. The summed E-state index contributed by atoms with van der Waals surface area (Å²) >= 11 is 0. The highest BCUT2D eigenvalue weighted by atomic mass is 16.5. The molecule has 43 heavy (non-hydrogen) atoms. The molecule has 0 unspecified atom stereocenters. The first-order valence-electron chi connectivity index (χ1n) is 14.3. The Morgan fingerprint density at radius 3 is 1.98 bits per heavy atom. The van der Waals surface area contributed by atoms with Crippen LogP contribution in [0.4, 0.5) is 5.69 Å². The summed E-state index contributed by atoms with van der Waals surface area (Å²) in [6.45, 7) is 3.16. The smallest absolute Gasteiger partial charge is 0.254 e. The minimum Gasteiger partial charge on any atom is -0.497 e. The molecule has 0 bridgehead atoms. The lowest BCUT2D eigenvalue weighted by Gasteiger charge is -2.38. The zero-order chi connectivity index (χ0) is 30.5. The van der Waals surface area contributed by atoms with Crippen LogP contribution in [0.2, 0.25) is 0 Å². The van der Waals surface area contributed by atoms with Gasteiger partial charge in [0.1, 0.15) is 11.5 Å². The van der Waals surface area contributed by atoms with Gasteiger partial charge in [-0.3, -0.25) is 9.59 Å². The summed E-state index contributed by atoms with van der Waals surface area (Å²) in [5, 5.41) is 0.